The van der Waals surface area contributed by atoms with E-state index >= 15 is 0 Å². The van der Waals surface area contributed by atoms with Gasteiger partial charge in [0.2, 0.25) is 0 Å². The van der Waals surface area contributed by atoms with Crippen molar-refractivity contribution in [2.45, 2.75) is 19.4 Å². The highest BCUT2D eigenvalue weighted by Crippen LogP contribution is 2.20. The lowest BCUT2D eigenvalue weighted by atomic mass is 10.0. The number of aliphatic carboxylic acids is 1. The minimum absolute atomic E-state index is 0.0120. The Kier molecular flexibility index (Phi) is 7.19. The van der Waals surface area contributed by atoms with Crippen LogP contribution in [-0.2, 0) is 14.3 Å². The molecule has 0 spiro atoms. The van der Waals surface area contributed by atoms with E-state index in [4.69, 9.17) is 19.7 Å². The van der Waals surface area contributed by atoms with Gasteiger partial charge in [0, 0.05) is 12.6 Å². The first-order valence-corrected chi connectivity index (χ1v) is 6.43. The predicted octanol–water partition coefficient (Wildman–Crippen LogP) is -0.193. The smallest absolute Gasteiger partial charge is 0.310 e. The van der Waals surface area contributed by atoms with Crippen LogP contribution in [0.5, 0.6) is 0 Å². The molecule has 0 saturated carbocycles. The van der Waals surface area contributed by atoms with Crippen LogP contribution < -0.4 is 0 Å². The van der Waals surface area contributed by atoms with E-state index in [1.165, 1.54) is 0 Å². The van der Waals surface area contributed by atoms with Crippen molar-refractivity contribution in [1.82, 2.24) is 4.90 Å². The van der Waals surface area contributed by atoms with E-state index in [1.807, 2.05) is 0 Å². The lowest BCUT2D eigenvalue weighted by molar-refractivity contribution is -0.143. The lowest BCUT2D eigenvalue weighted by Crippen LogP contribution is -2.45. The average Bonchev–Trinajstić information content (AvgIpc) is 2.82. The van der Waals surface area contributed by atoms with E-state index < -0.39 is 11.9 Å². The molecule has 2 atom stereocenters. The fraction of sp³-hybridized carbons (Fsp3) is 0.917. The van der Waals surface area contributed by atoms with E-state index in [-0.39, 0.29) is 19.3 Å². The van der Waals surface area contributed by atoms with Gasteiger partial charge in [-0.2, -0.15) is 0 Å². The molecule has 1 rings (SSSR count). The van der Waals surface area contributed by atoms with Crippen molar-refractivity contribution in [1.29, 1.82) is 0 Å². The molecule has 0 aliphatic carbocycles. The zero-order valence-corrected chi connectivity index (χ0v) is 10.9. The number of carboxylic acids is 1. The third kappa shape index (κ3) is 4.53. The van der Waals surface area contributed by atoms with Gasteiger partial charge >= 0.3 is 5.97 Å². The van der Waals surface area contributed by atoms with E-state index in [0.717, 1.165) is 13.0 Å². The Hall–Kier alpha value is -0.690. The van der Waals surface area contributed by atoms with Crippen molar-refractivity contribution in [2.24, 2.45) is 5.92 Å². The molecule has 1 fully saturated rings. The van der Waals surface area contributed by atoms with Gasteiger partial charge in [0.1, 0.15) is 0 Å². The molecule has 2 N–H and O–H groups in total. The quantitative estimate of drug-likeness (QED) is 0.560. The monoisotopic (exact) mass is 261 g/mol. The number of nitrogens with zero attached hydrogens (tertiary/aromatic N) is 1. The van der Waals surface area contributed by atoms with Gasteiger partial charge in [0.05, 0.1) is 39.0 Å². The molecule has 1 aliphatic rings. The van der Waals surface area contributed by atoms with E-state index in [9.17, 15) is 4.79 Å². The standard InChI is InChI=1S/C12H23NO5/c1-2-3-13(4-6-17-7-5-14)11-9-18-8-10(11)12(15)16/h10-11,14H,2-9H2,1H3,(H,15,16). The first-order valence-electron chi connectivity index (χ1n) is 6.43. The van der Waals surface area contributed by atoms with Crippen LogP contribution in [0.1, 0.15) is 13.3 Å². The van der Waals surface area contributed by atoms with Gasteiger partial charge in [-0.1, -0.05) is 6.92 Å². The second-order valence-electron chi connectivity index (χ2n) is 4.42. The number of aliphatic hydroxyl groups excluding tert-OH is 1. The Labute approximate surface area is 107 Å². The van der Waals surface area contributed by atoms with Gasteiger partial charge in [-0.15, -0.1) is 0 Å². The summed E-state index contributed by atoms with van der Waals surface area (Å²) >= 11 is 0. The van der Waals surface area contributed by atoms with Crippen LogP contribution >= 0.6 is 0 Å². The molecule has 1 aliphatic heterocycles. The summed E-state index contributed by atoms with van der Waals surface area (Å²) in [6, 6.07) is -0.0693. The number of carboxylic acid groups (broad SMARTS) is 1. The lowest BCUT2D eigenvalue weighted by Gasteiger charge is -2.29. The van der Waals surface area contributed by atoms with E-state index in [1.54, 1.807) is 0 Å². The second kappa shape index (κ2) is 8.42. The van der Waals surface area contributed by atoms with Crippen LogP contribution in [0.2, 0.25) is 0 Å². The Morgan fingerprint density at radius 3 is 2.78 bits per heavy atom. The van der Waals surface area contributed by atoms with Crippen molar-refractivity contribution in [3.8, 4) is 0 Å². The Morgan fingerprint density at radius 1 is 1.39 bits per heavy atom. The van der Waals surface area contributed by atoms with Crippen LogP contribution in [0, 0.1) is 5.92 Å². The molecule has 1 heterocycles. The highest BCUT2D eigenvalue weighted by Gasteiger charge is 2.37. The molecule has 2 unspecified atom stereocenters. The number of hydrogen-bond acceptors (Lipinski definition) is 5. The van der Waals surface area contributed by atoms with E-state index in [2.05, 4.69) is 11.8 Å². The van der Waals surface area contributed by atoms with Crippen molar-refractivity contribution in [2.75, 3.05) is 46.1 Å². The number of carbonyl (C=O) groups is 1. The number of rotatable bonds is 9. The largest absolute Gasteiger partial charge is 0.481 e. The van der Waals surface area contributed by atoms with Crippen LogP contribution in [0.15, 0.2) is 0 Å². The predicted molar refractivity (Wildman–Crippen MR) is 65.5 cm³/mol. The third-order valence-corrected chi connectivity index (χ3v) is 3.11. The Bertz CT molecular complexity index is 249. The van der Waals surface area contributed by atoms with Gasteiger partial charge in [-0.25, -0.2) is 0 Å². The molecular formula is C12H23NO5. The molecule has 0 aromatic carbocycles. The second-order valence-corrected chi connectivity index (χ2v) is 4.42. The van der Waals surface area contributed by atoms with Crippen LogP contribution in [0.4, 0.5) is 0 Å². The number of aliphatic hydroxyl groups is 1. The minimum Gasteiger partial charge on any atom is -0.481 e. The van der Waals surface area contributed by atoms with Gasteiger partial charge in [0.25, 0.3) is 0 Å². The summed E-state index contributed by atoms with van der Waals surface area (Å²) in [6.45, 7) is 5.17. The maximum Gasteiger partial charge on any atom is 0.310 e. The molecule has 0 radical (unpaired) electrons. The third-order valence-electron chi connectivity index (χ3n) is 3.11. The Morgan fingerprint density at radius 2 is 2.17 bits per heavy atom. The summed E-state index contributed by atoms with van der Waals surface area (Å²) in [5.74, 6) is -1.25. The molecule has 6 nitrogen and oxygen atoms in total. The summed E-state index contributed by atoms with van der Waals surface area (Å²) < 4.78 is 10.5. The van der Waals surface area contributed by atoms with Gasteiger partial charge < -0.3 is 19.7 Å². The van der Waals surface area contributed by atoms with Crippen LogP contribution in [0.25, 0.3) is 0 Å². The molecular weight excluding hydrogens is 238 g/mol. The molecule has 0 bridgehead atoms. The number of hydrogen-bond donors (Lipinski definition) is 2. The van der Waals surface area contributed by atoms with Crippen molar-refractivity contribution in [3.05, 3.63) is 0 Å². The van der Waals surface area contributed by atoms with Crippen molar-refractivity contribution >= 4 is 5.97 Å². The summed E-state index contributed by atoms with van der Waals surface area (Å²) in [6.07, 6.45) is 0.961. The van der Waals surface area contributed by atoms with Gasteiger partial charge in [-0.3, -0.25) is 9.69 Å². The average molecular weight is 261 g/mol. The maximum absolute atomic E-state index is 11.1. The van der Waals surface area contributed by atoms with Crippen LogP contribution in [0.3, 0.4) is 0 Å². The van der Waals surface area contributed by atoms with Gasteiger partial charge in [0.15, 0.2) is 0 Å². The molecule has 1 saturated heterocycles. The summed E-state index contributed by atoms with van der Waals surface area (Å²) in [5, 5.41) is 17.8. The molecule has 0 aromatic heterocycles. The SMILES string of the molecule is CCCN(CCOCCO)C1COCC1C(=O)O. The van der Waals surface area contributed by atoms with E-state index in [0.29, 0.717) is 26.4 Å². The van der Waals surface area contributed by atoms with Gasteiger partial charge in [-0.05, 0) is 13.0 Å². The summed E-state index contributed by atoms with van der Waals surface area (Å²) in [4.78, 5) is 13.2. The van der Waals surface area contributed by atoms with Crippen molar-refractivity contribution < 1.29 is 24.5 Å². The Balaban J connectivity index is 2.46. The molecule has 0 amide bonds. The summed E-state index contributed by atoms with van der Waals surface area (Å²) in [5.41, 5.74) is 0. The first-order chi connectivity index (χ1) is 8.70. The zero-order valence-electron chi connectivity index (χ0n) is 10.9. The molecule has 0 aromatic rings. The fourth-order valence-corrected chi connectivity index (χ4v) is 2.22. The minimum atomic E-state index is -0.796. The topological polar surface area (TPSA) is 79.2 Å². The highest BCUT2D eigenvalue weighted by atomic mass is 16.5. The molecule has 18 heavy (non-hydrogen) atoms. The normalized spacial score (nSPS) is 23.7. The maximum atomic E-state index is 11.1. The fourth-order valence-electron chi connectivity index (χ4n) is 2.22. The molecule has 106 valence electrons. The van der Waals surface area contributed by atoms with Crippen molar-refractivity contribution in [3.63, 3.8) is 0 Å². The zero-order chi connectivity index (χ0) is 13.4. The number of ether oxygens (including phenoxy) is 2. The summed E-state index contributed by atoms with van der Waals surface area (Å²) in [7, 11) is 0. The highest BCUT2D eigenvalue weighted by molar-refractivity contribution is 5.71. The first kappa shape index (κ1) is 15.4. The van der Waals surface area contributed by atoms with Crippen LogP contribution in [-0.4, -0.2) is 73.2 Å². The molecule has 6 heteroatoms.